The van der Waals surface area contributed by atoms with Crippen LogP contribution in [0.1, 0.15) is 23.2 Å². The predicted molar refractivity (Wildman–Crippen MR) is 188 cm³/mol. The van der Waals surface area contributed by atoms with Gasteiger partial charge in [-0.2, -0.15) is 0 Å². The fourth-order valence-electron chi connectivity index (χ4n) is 7.18. The molecule has 1 aliphatic heterocycles. The molecule has 1 unspecified atom stereocenters. The molecule has 1 aliphatic carbocycles. The van der Waals surface area contributed by atoms with Gasteiger partial charge in [0.1, 0.15) is 17.4 Å². The van der Waals surface area contributed by atoms with E-state index in [1.54, 1.807) is 0 Å². The molecule has 6 aromatic carbocycles. The summed E-state index contributed by atoms with van der Waals surface area (Å²) < 4.78 is 6.20. The molecule has 0 spiro atoms. The van der Waals surface area contributed by atoms with E-state index in [0.717, 1.165) is 39.0 Å². The number of rotatable bonds is 4. The maximum absolute atomic E-state index is 6.20. The van der Waals surface area contributed by atoms with Gasteiger partial charge < -0.3 is 9.73 Å². The quantitative estimate of drug-likeness (QED) is 0.217. The Kier molecular flexibility index (Phi) is 5.57. The van der Waals surface area contributed by atoms with Crippen molar-refractivity contribution in [1.82, 2.24) is 20.3 Å². The third kappa shape index (κ3) is 4.07. The minimum absolute atomic E-state index is 0.291. The molecule has 2 aliphatic rings. The van der Waals surface area contributed by atoms with Crippen LogP contribution in [0.2, 0.25) is 0 Å². The van der Waals surface area contributed by atoms with E-state index >= 15 is 0 Å². The number of para-hydroxylation sites is 1. The van der Waals surface area contributed by atoms with Gasteiger partial charge in [0, 0.05) is 28.3 Å². The van der Waals surface area contributed by atoms with Gasteiger partial charge in [0.2, 0.25) is 0 Å². The molecule has 1 N–H and O–H groups in total. The van der Waals surface area contributed by atoms with Crippen LogP contribution >= 0.6 is 0 Å². The molecule has 0 fully saturated rings. The topological polar surface area (TPSA) is 63.8 Å². The second-order valence-corrected chi connectivity index (χ2v) is 12.1. The van der Waals surface area contributed by atoms with Gasteiger partial charge in [0.15, 0.2) is 17.5 Å². The number of benzene rings is 6. The van der Waals surface area contributed by atoms with Crippen LogP contribution in [-0.2, 0) is 0 Å². The van der Waals surface area contributed by atoms with Gasteiger partial charge in [0.05, 0.1) is 0 Å². The SMILES string of the molecule is C1=Cc2oc3ccccc3c2C(c2nc(-c3ccccc3)nc(-c3ccc(-c4cc5c6c(cccc6c4)-c4ccccc4-5)cc3)n2)N1. The lowest BCUT2D eigenvalue weighted by molar-refractivity contribution is 0.574. The van der Waals surface area contributed by atoms with Gasteiger partial charge in [-0.15, -0.1) is 0 Å². The van der Waals surface area contributed by atoms with Crippen molar-refractivity contribution in [3.63, 3.8) is 0 Å². The van der Waals surface area contributed by atoms with Crippen LogP contribution < -0.4 is 5.32 Å². The minimum Gasteiger partial charge on any atom is -0.456 e. The number of furan rings is 1. The second-order valence-electron chi connectivity index (χ2n) is 12.1. The fourth-order valence-corrected chi connectivity index (χ4v) is 7.18. The van der Waals surface area contributed by atoms with E-state index in [0.29, 0.717) is 17.5 Å². The standard InChI is InChI=1S/C42H26N4O/c1-2-9-26(10-3-1)40-44-41(46-42(45-40)39-38-33-14-6-7-16-35(33)47-36(38)21-22-43-39)27-19-17-25(18-20-27)29-23-28-11-8-15-32-30-12-4-5-13-31(30)34(24-29)37(28)32/h1-24,39,43H. The van der Waals surface area contributed by atoms with Gasteiger partial charge in [-0.05, 0) is 68.4 Å². The van der Waals surface area contributed by atoms with E-state index in [4.69, 9.17) is 19.4 Å². The summed E-state index contributed by atoms with van der Waals surface area (Å²) in [5, 5.41) is 7.14. The van der Waals surface area contributed by atoms with Crippen molar-refractivity contribution in [1.29, 1.82) is 0 Å². The molecule has 47 heavy (non-hydrogen) atoms. The molecule has 0 radical (unpaired) electrons. The van der Waals surface area contributed by atoms with Crippen LogP contribution in [0, 0.1) is 0 Å². The largest absolute Gasteiger partial charge is 0.456 e. The van der Waals surface area contributed by atoms with Crippen molar-refractivity contribution in [2.24, 2.45) is 0 Å². The average molecular weight is 603 g/mol. The first-order valence-electron chi connectivity index (χ1n) is 15.8. The minimum atomic E-state index is -0.291. The van der Waals surface area contributed by atoms with Crippen LogP contribution in [0.3, 0.4) is 0 Å². The maximum atomic E-state index is 6.20. The van der Waals surface area contributed by atoms with Crippen molar-refractivity contribution < 1.29 is 4.42 Å². The lowest BCUT2D eigenvalue weighted by Gasteiger charge is -2.20. The predicted octanol–water partition coefficient (Wildman–Crippen LogP) is 10.1. The molecule has 5 heteroatoms. The normalized spacial score (nSPS) is 14.3. The summed E-state index contributed by atoms with van der Waals surface area (Å²) >= 11 is 0. The Bertz CT molecular complexity index is 2550. The molecule has 0 amide bonds. The molecule has 0 saturated carbocycles. The Balaban J connectivity index is 1.08. The number of aromatic nitrogens is 3. The summed E-state index contributed by atoms with van der Waals surface area (Å²) in [6, 6.07) is 46.4. The first kappa shape index (κ1) is 25.9. The van der Waals surface area contributed by atoms with Gasteiger partial charge in [-0.25, -0.2) is 15.0 Å². The van der Waals surface area contributed by atoms with E-state index in [1.165, 1.54) is 38.6 Å². The second kappa shape index (κ2) is 10.1. The molecule has 3 heterocycles. The highest BCUT2D eigenvalue weighted by Crippen LogP contribution is 2.48. The summed E-state index contributed by atoms with van der Waals surface area (Å²) in [5.41, 5.74) is 11.3. The Labute approximate surface area is 270 Å². The van der Waals surface area contributed by atoms with Crippen LogP contribution in [0.15, 0.2) is 144 Å². The lowest BCUT2D eigenvalue weighted by atomic mass is 9.95. The summed E-state index contributed by atoms with van der Waals surface area (Å²) in [4.78, 5) is 15.1. The number of nitrogens with one attached hydrogen (secondary N) is 1. The van der Waals surface area contributed by atoms with E-state index in [9.17, 15) is 0 Å². The zero-order valence-electron chi connectivity index (χ0n) is 25.2. The third-order valence-electron chi connectivity index (χ3n) is 9.35. The number of nitrogens with zero attached hydrogens (tertiary/aromatic N) is 3. The van der Waals surface area contributed by atoms with Crippen molar-refractivity contribution in [3.05, 3.63) is 157 Å². The van der Waals surface area contributed by atoms with Gasteiger partial charge in [0.25, 0.3) is 0 Å². The summed E-state index contributed by atoms with van der Waals surface area (Å²) in [7, 11) is 0. The van der Waals surface area contributed by atoms with Crippen LogP contribution in [0.5, 0.6) is 0 Å². The van der Waals surface area contributed by atoms with Crippen molar-refractivity contribution >= 4 is 27.8 Å². The van der Waals surface area contributed by atoms with E-state index in [-0.39, 0.29) is 6.04 Å². The summed E-state index contributed by atoms with van der Waals surface area (Å²) in [6.45, 7) is 0. The Hall–Kier alpha value is -6.33. The highest BCUT2D eigenvalue weighted by atomic mass is 16.3. The maximum Gasteiger partial charge on any atom is 0.163 e. The van der Waals surface area contributed by atoms with E-state index in [1.807, 2.05) is 60.8 Å². The highest BCUT2D eigenvalue weighted by Gasteiger charge is 2.28. The zero-order chi connectivity index (χ0) is 30.9. The Morgan fingerprint density at radius 3 is 2.04 bits per heavy atom. The molecule has 0 saturated heterocycles. The highest BCUT2D eigenvalue weighted by molar-refractivity contribution is 6.16. The molecule has 1 atom stereocenters. The first-order valence-corrected chi connectivity index (χ1v) is 15.8. The fraction of sp³-hybridized carbons (Fsp3) is 0.0238. The Morgan fingerprint density at radius 2 is 1.21 bits per heavy atom. The van der Waals surface area contributed by atoms with Crippen LogP contribution in [-0.4, -0.2) is 15.0 Å². The summed E-state index contributed by atoms with van der Waals surface area (Å²) in [6.07, 6.45) is 3.87. The smallest absolute Gasteiger partial charge is 0.163 e. The van der Waals surface area contributed by atoms with Crippen LogP contribution in [0.25, 0.3) is 84.0 Å². The molecule has 5 nitrogen and oxygen atoms in total. The van der Waals surface area contributed by atoms with Gasteiger partial charge in [-0.3, -0.25) is 0 Å². The number of fused-ring (bicyclic) bond motifs is 6. The number of hydrogen-bond donors (Lipinski definition) is 1. The lowest BCUT2D eigenvalue weighted by Crippen LogP contribution is -2.23. The van der Waals surface area contributed by atoms with Crippen molar-refractivity contribution in [2.75, 3.05) is 0 Å². The first-order chi connectivity index (χ1) is 23.3. The monoisotopic (exact) mass is 602 g/mol. The molecule has 220 valence electrons. The molecular formula is C42H26N4O. The average Bonchev–Trinajstić information content (AvgIpc) is 3.69. The Morgan fingerprint density at radius 1 is 0.532 bits per heavy atom. The van der Waals surface area contributed by atoms with Crippen LogP contribution in [0.4, 0.5) is 0 Å². The molecular weight excluding hydrogens is 576 g/mol. The summed E-state index contributed by atoms with van der Waals surface area (Å²) in [5.74, 6) is 2.72. The van der Waals surface area contributed by atoms with Gasteiger partial charge >= 0.3 is 0 Å². The van der Waals surface area contributed by atoms with Gasteiger partial charge in [-0.1, -0.05) is 115 Å². The van der Waals surface area contributed by atoms with Crippen molar-refractivity contribution in [2.45, 2.75) is 6.04 Å². The molecule has 10 rings (SSSR count). The van der Waals surface area contributed by atoms with Crippen molar-refractivity contribution in [3.8, 4) is 56.2 Å². The van der Waals surface area contributed by atoms with E-state index in [2.05, 4.69) is 90.2 Å². The molecule has 0 bridgehead atoms. The third-order valence-corrected chi connectivity index (χ3v) is 9.35. The molecule has 2 aromatic heterocycles. The van der Waals surface area contributed by atoms with E-state index < -0.39 is 0 Å². The zero-order valence-corrected chi connectivity index (χ0v) is 25.2. The molecule has 8 aromatic rings. The number of hydrogen-bond acceptors (Lipinski definition) is 5.